The molecular weight excluding hydrogens is 805 g/mol. The van der Waals surface area contributed by atoms with Gasteiger partial charge in [-0.25, -0.2) is 0 Å². The van der Waals surface area contributed by atoms with Crippen LogP contribution >= 0.6 is 22.7 Å². The predicted octanol–water partition coefficient (Wildman–Crippen LogP) is 18.1. The van der Waals surface area contributed by atoms with E-state index in [9.17, 15) is 0 Å². The highest BCUT2D eigenvalue weighted by Gasteiger charge is 2.22. The number of fused-ring (bicyclic) bond motifs is 11. The number of para-hydroxylation sites is 3. The predicted molar refractivity (Wildman–Crippen MR) is 272 cm³/mol. The first-order valence-electron chi connectivity index (χ1n) is 21.2. The molecule has 63 heavy (non-hydrogen) atoms. The maximum Gasteiger partial charge on any atom is 0.137 e. The highest BCUT2D eigenvalue weighted by Crippen LogP contribution is 2.47. The van der Waals surface area contributed by atoms with Gasteiger partial charge in [0.15, 0.2) is 0 Å². The fourth-order valence-corrected chi connectivity index (χ4v) is 11.8. The highest BCUT2D eigenvalue weighted by molar-refractivity contribution is 7.26. The molecule has 3 aromatic heterocycles. The molecule has 0 bridgehead atoms. The lowest BCUT2D eigenvalue weighted by molar-refractivity contribution is 0.669. The van der Waals surface area contributed by atoms with Crippen LogP contribution in [-0.4, -0.2) is 0 Å². The van der Waals surface area contributed by atoms with Gasteiger partial charge in [0, 0.05) is 91.3 Å². The first-order chi connectivity index (χ1) is 31.2. The van der Waals surface area contributed by atoms with E-state index in [2.05, 4.69) is 216 Å². The lowest BCUT2D eigenvalue weighted by atomic mass is 9.99. The number of nitrogens with zero attached hydrogens (tertiary/aromatic N) is 2. The van der Waals surface area contributed by atoms with Crippen LogP contribution in [0.3, 0.4) is 0 Å². The second kappa shape index (κ2) is 14.5. The van der Waals surface area contributed by atoms with Crippen molar-refractivity contribution in [3.63, 3.8) is 0 Å². The van der Waals surface area contributed by atoms with Gasteiger partial charge >= 0.3 is 0 Å². The van der Waals surface area contributed by atoms with E-state index in [1.165, 1.54) is 51.1 Å². The Balaban J connectivity index is 1.06. The molecule has 3 heterocycles. The second-order valence-electron chi connectivity index (χ2n) is 16.1. The molecule has 0 saturated carbocycles. The molecule has 0 atom stereocenters. The SMILES string of the molecule is c1ccc(N(c2cc(-c3ccc4sc5c6ccccc6ccc5c4c3)cc(N(c3ccccc3)c3ccc4c(c3)sc3ccccc34)c2)c2ccc3c(c2)oc2ccccc23)cc1. The molecule has 0 radical (unpaired) electrons. The maximum atomic E-state index is 6.50. The van der Waals surface area contributed by atoms with E-state index in [0.29, 0.717) is 0 Å². The van der Waals surface area contributed by atoms with Gasteiger partial charge in [-0.05, 0) is 113 Å². The number of thiophene rings is 2. The summed E-state index contributed by atoms with van der Waals surface area (Å²) >= 11 is 3.73. The Morgan fingerprint density at radius 2 is 0.873 bits per heavy atom. The molecule has 3 nitrogen and oxygen atoms in total. The fraction of sp³-hybridized carbons (Fsp3) is 0. The van der Waals surface area contributed by atoms with Gasteiger partial charge in [0.1, 0.15) is 11.2 Å². The molecule has 296 valence electrons. The van der Waals surface area contributed by atoms with Crippen LogP contribution in [0.4, 0.5) is 34.1 Å². The van der Waals surface area contributed by atoms with Crippen molar-refractivity contribution in [3.05, 3.63) is 218 Å². The molecule has 5 heteroatoms. The summed E-state index contributed by atoms with van der Waals surface area (Å²) in [5.74, 6) is 0. The Hall–Kier alpha value is -7.70. The van der Waals surface area contributed by atoms with E-state index >= 15 is 0 Å². The molecule has 10 aromatic carbocycles. The van der Waals surface area contributed by atoms with Crippen molar-refractivity contribution in [2.24, 2.45) is 0 Å². The topological polar surface area (TPSA) is 19.6 Å². The summed E-state index contributed by atoms with van der Waals surface area (Å²) in [4.78, 5) is 4.77. The minimum atomic E-state index is 0.857. The second-order valence-corrected chi connectivity index (χ2v) is 18.2. The Morgan fingerprint density at radius 1 is 0.286 bits per heavy atom. The Kier molecular flexibility index (Phi) is 8.26. The third-order valence-electron chi connectivity index (χ3n) is 12.4. The van der Waals surface area contributed by atoms with E-state index in [1.54, 1.807) is 0 Å². The minimum Gasteiger partial charge on any atom is -0.456 e. The summed E-state index contributed by atoms with van der Waals surface area (Å²) in [5, 5.41) is 9.93. The summed E-state index contributed by atoms with van der Waals surface area (Å²) < 4.78 is 11.7. The summed E-state index contributed by atoms with van der Waals surface area (Å²) in [7, 11) is 0. The number of furan rings is 1. The van der Waals surface area contributed by atoms with Crippen molar-refractivity contribution in [1.29, 1.82) is 0 Å². The first-order valence-corrected chi connectivity index (χ1v) is 22.9. The quantitative estimate of drug-likeness (QED) is 0.159. The summed E-state index contributed by atoms with van der Waals surface area (Å²) in [6, 6.07) is 79.3. The zero-order valence-electron chi connectivity index (χ0n) is 33.9. The monoisotopic (exact) mass is 840 g/mol. The van der Waals surface area contributed by atoms with Crippen LogP contribution in [-0.2, 0) is 0 Å². The maximum absolute atomic E-state index is 6.50. The molecule has 0 aliphatic heterocycles. The van der Waals surface area contributed by atoms with E-state index < -0.39 is 0 Å². The van der Waals surface area contributed by atoms with Crippen LogP contribution in [0.2, 0.25) is 0 Å². The third kappa shape index (κ3) is 6.00. The third-order valence-corrected chi connectivity index (χ3v) is 14.7. The molecule has 0 spiro atoms. The molecule has 13 rings (SSSR count). The highest BCUT2D eigenvalue weighted by atomic mass is 32.1. The zero-order valence-corrected chi connectivity index (χ0v) is 35.5. The smallest absolute Gasteiger partial charge is 0.137 e. The molecule has 0 fully saturated rings. The zero-order chi connectivity index (χ0) is 41.4. The molecule has 0 aliphatic rings. The summed E-state index contributed by atoms with van der Waals surface area (Å²) in [6.45, 7) is 0. The van der Waals surface area contributed by atoms with Gasteiger partial charge in [-0.1, -0.05) is 121 Å². The van der Waals surface area contributed by atoms with Crippen LogP contribution in [0.5, 0.6) is 0 Å². The molecule has 0 N–H and O–H groups in total. The van der Waals surface area contributed by atoms with Crippen molar-refractivity contribution in [1.82, 2.24) is 0 Å². The van der Waals surface area contributed by atoms with Gasteiger partial charge in [-0.2, -0.15) is 0 Å². The summed E-state index contributed by atoms with van der Waals surface area (Å²) in [5.41, 5.74) is 10.4. The number of anilines is 6. The minimum absolute atomic E-state index is 0.857. The lowest BCUT2D eigenvalue weighted by Crippen LogP contribution is -2.13. The van der Waals surface area contributed by atoms with E-state index in [1.807, 2.05) is 34.8 Å². The van der Waals surface area contributed by atoms with E-state index in [0.717, 1.165) is 67.2 Å². The number of rotatable bonds is 7. The Bertz CT molecular complexity index is 3710. The van der Waals surface area contributed by atoms with E-state index in [-0.39, 0.29) is 0 Å². The lowest BCUT2D eigenvalue weighted by Gasteiger charge is -2.30. The molecular formula is C58H36N2OS2. The van der Waals surface area contributed by atoms with Crippen molar-refractivity contribution in [2.45, 2.75) is 0 Å². The largest absolute Gasteiger partial charge is 0.456 e. The van der Waals surface area contributed by atoms with Gasteiger partial charge in [0.2, 0.25) is 0 Å². The standard InChI is InChI=1S/C58H36N2OS2/c1-3-14-40(15-4-1)59(42-25-28-48-47-19-9-11-21-53(47)61-54(48)35-42)44-31-39(38-24-30-56-52(33-38)51-27-23-37-13-7-8-18-46(37)58(51)63-56)32-45(34-44)60(41-16-5-2-6-17-41)43-26-29-50-49-20-10-12-22-55(49)62-57(50)36-43/h1-36H. The van der Waals surface area contributed by atoms with Crippen LogP contribution < -0.4 is 9.80 Å². The van der Waals surface area contributed by atoms with Crippen LogP contribution in [0.1, 0.15) is 0 Å². The molecule has 0 saturated heterocycles. The first kappa shape index (κ1) is 36.0. The van der Waals surface area contributed by atoms with Gasteiger partial charge in [-0.3, -0.25) is 0 Å². The molecule has 0 amide bonds. The van der Waals surface area contributed by atoms with E-state index in [4.69, 9.17) is 4.42 Å². The Labute approximate surface area is 371 Å². The molecule has 13 aromatic rings. The van der Waals surface area contributed by atoms with Gasteiger partial charge in [-0.15, -0.1) is 22.7 Å². The molecule has 0 aliphatic carbocycles. The Morgan fingerprint density at radius 3 is 1.65 bits per heavy atom. The van der Waals surface area contributed by atoms with Crippen molar-refractivity contribution in [2.75, 3.05) is 9.80 Å². The average Bonchev–Trinajstić information content (AvgIpc) is 4.03. The molecule has 0 unspecified atom stereocenters. The van der Waals surface area contributed by atoms with Crippen LogP contribution in [0.25, 0.3) is 84.2 Å². The number of hydrogen-bond donors (Lipinski definition) is 0. The summed E-state index contributed by atoms with van der Waals surface area (Å²) in [6.07, 6.45) is 0. The number of benzene rings is 10. The van der Waals surface area contributed by atoms with Crippen molar-refractivity contribution in [3.8, 4) is 11.1 Å². The van der Waals surface area contributed by atoms with Gasteiger partial charge in [0.25, 0.3) is 0 Å². The van der Waals surface area contributed by atoms with Crippen LogP contribution in [0.15, 0.2) is 223 Å². The van der Waals surface area contributed by atoms with Gasteiger partial charge < -0.3 is 14.2 Å². The fourth-order valence-electron chi connectivity index (χ4n) is 9.46. The van der Waals surface area contributed by atoms with Crippen molar-refractivity contribution < 1.29 is 4.42 Å². The van der Waals surface area contributed by atoms with Gasteiger partial charge in [0.05, 0.1) is 0 Å². The normalized spacial score (nSPS) is 11.8. The van der Waals surface area contributed by atoms with Crippen molar-refractivity contribution >= 4 is 130 Å². The number of hydrogen-bond acceptors (Lipinski definition) is 5. The van der Waals surface area contributed by atoms with Crippen LogP contribution in [0, 0.1) is 0 Å². The average molecular weight is 841 g/mol.